The fraction of sp³-hybridized carbons (Fsp3) is 0.250. The number of rotatable bonds is 8. The van der Waals surface area contributed by atoms with Crippen molar-refractivity contribution in [1.29, 1.82) is 0 Å². The Kier molecular flexibility index (Phi) is 5.55. The van der Waals surface area contributed by atoms with Crippen LogP contribution in [-0.4, -0.2) is 39.0 Å². The van der Waals surface area contributed by atoms with Gasteiger partial charge in [-0.1, -0.05) is 12.1 Å². The van der Waals surface area contributed by atoms with E-state index in [0.717, 1.165) is 15.9 Å². The second kappa shape index (κ2) is 7.85. The summed E-state index contributed by atoms with van der Waals surface area (Å²) in [6, 6.07) is 10.4. The van der Waals surface area contributed by atoms with Gasteiger partial charge in [0.1, 0.15) is 5.82 Å². The van der Waals surface area contributed by atoms with Crippen molar-refractivity contribution in [3.63, 3.8) is 0 Å². The van der Waals surface area contributed by atoms with E-state index in [9.17, 15) is 13.2 Å². The molecular weight excluding hydrogens is 378 g/mol. The van der Waals surface area contributed by atoms with Gasteiger partial charge in [0.15, 0.2) is 0 Å². The van der Waals surface area contributed by atoms with E-state index in [2.05, 4.69) is 19.1 Å². The molecule has 0 bridgehead atoms. The third-order valence-corrected chi connectivity index (χ3v) is 5.71. The zero-order valence-electron chi connectivity index (χ0n) is 13.9. The van der Waals surface area contributed by atoms with Crippen molar-refractivity contribution < 1.29 is 22.4 Å². The van der Waals surface area contributed by atoms with Crippen molar-refractivity contribution in [3.8, 4) is 0 Å². The zero-order chi connectivity index (χ0) is 18.6. The van der Waals surface area contributed by atoms with Crippen LogP contribution in [0.2, 0.25) is 0 Å². The number of nitrogens with one attached hydrogen (secondary N) is 2. The lowest BCUT2D eigenvalue weighted by Crippen LogP contribution is -2.25. The Hall–Kier alpha value is -2.43. The molecule has 0 unspecified atom stereocenters. The quantitative estimate of drug-likeness (QED) is 0.445. The first kappa shape index (κ1) is 18.4. The Bertz CT molecular complexity index is 1010. The maximum absolute atomic E-state index is 12.1. The number of carbonyl (C=O) groups excluding carboxylic acids is 1. The number of carbonyl (C=O) groups is 1. The number of hydrogen-bond acceptors (Lipinski definition) is 8. The lowest BCUT2D eigenvalue weighted by atomic mass is 10.2. The predicted octanol–water partition coefficient (Wildman–Crippen LogP) is 2.46. The Morgan fingerprint density at radius 2 is 2.04 bits per heavy atom. The van der Waals surface area contributed by atoms with Crippen LogP contribution in [0.1, 0.15) is 17.0 Å². The lowest BCUT2D eigenvalue weighted by molar-refractivity contribution is 0.0559. The van der Waals surface area contributed by atoms with Gasteiger partial charge in [0.25, 0.3) is 10.0 Å². The molecule has 0 aliphatic heterocycles. The third-order valence-electron chi connectivity index (χ3n) is 3.55. The van der Waals surface area contributed by atoms with Crippen LogP contribution in [0.25, 0.3) is 10.1 Å². The average molecular weight is 395 g/mol. The van der Waals surface area contributed by atoms with Crippen LogP contribution in [0.5, 0.6) is 0 Å². The van der Waals surface area contributed by atoms with E-state index >= 15 is 0 Å². The molecule has 0 fully saturated rings. The van der Waals surface area contributed by atoms with Gasteiger partial charge in [-0.25, -0.2) is 17.9 Å². The highest BCUT2D eigenvalue weighted by atomic mass is 32.2. The number of fused-ring (bicyclic) bond motifs is 1. The summed E-state index contributed by atoms with van der Waals surface area (Å²) in [7, 11) is -2.63. The topological polar surface area (TPSA) is 111 Å². The molecule has 0 saturated carbocycles. The molecule has 0 amide bonds. The molecule has 2 heterocycles. The van der Waals surface area contributed by atoms with Crippen LogP contribution in [-0.2, 0) is 14.8 Å². The molecule has 1 aromatic carbocycles. The normalized spacial score (nSPS) is 11.6. The van der Waals surface area contributed by atoms with Crippen LogP contribution in [0.4, 0.5) is 5.82 Å². The van der Waals surface area contributed by atoms with E-state index < -0.39 is 16.0 Å². The molecule has 0 saturated heterocycles. The Morgan fingerprint density at radius 3 is 2.85 bits per heavy atom. The molecule has 0 spiro atoms. The molecule has 2 aromatic heterocycles. The van der Waals surface area contributed by atoms with E-state index in [4.69, 9.17) is 4.42 Å². The van der Waals surface area contributed by atoms with Gasteiger partial charge < -0.3 is 14.5 Å². The van der Waals surface area contributed by atoms with Crippen LogP contribution >= 0.6 is 11.5 Å². The first-order valence-electron chi connectivity index (χ1n) is 7.77. The molecule has 3 aromatic rings. The minimum atomic E-state index is -3.82. The summed E-state index contributed by atoms with van der Waals surface area (Å²) in [4.78, 5) is 11.3. The number of methoxy groups -OCH3 is 1. The SMILES string of the molecule is COC(=O)c1ccc(S(=O)(=O)NCCCNc2nsc3ccccc23)o1. The second-order valence-electron chi connectivity index (χ2n) is 5.32. The Balaban J connectivity index is 1.49. The molecular formula is C16H17N3O5S2. The standard InChI is InChI=1S/C16H17N3O5S2/c1-23-16(20)12-7-8-14(24-12)26(21,22)18-10-4-9-17-15-11-5-2-3-6-13(11)25-19-15/h2-3,5-8,18H,4,9-10H2,1H3,(H,17,19). The van der Waals surface area contributed by atoms with E-state index in [1.54, 1.807) is 0 Å². The van der Waals surface area contributed by atoms with E-state index in [0.29, 0.717) is 13.0 Å². The van der Waals surface area contributed by atoms with Crippen molar-refractivity contribution in [2.24, 2.45) is 0 Å². The van der Waals surface area contributed by atoms with Crippen molar-refractivity contribution in [3.05, 3.63) is 42.2 Å². The molecule has 138 valence electrons. The number of sulfonamides is 1. The maximum atomic E-state index is 12.1. The Labute approximate surface area is 154 Å². The predicted molar refractivity (Wildman–Crippen MR) is 98.0 cm³/mol. The lowest BCUT2D eigenvalue weighted by Gasteiger charge is -2.06. The van der Waals surface area contributed by atoms with Crippen LogP contribution in [0.15, 0.2) is 45.9 Å². The molecule has 26 heavy (non-hydrogen) atoms. The summed E-state index contributed by atoms with van der Waals surface area (Å²) in [6.07, 6.45) is 0.551. The van der Waals surface area contributed by atoms with Crippen LogP contribution < -0.4 is 10.0 Å². The Morgan fingerprint density at radius 1 is 1.23 bits per heavy atom. The van der Waals surface area contributed by atoms with Gasteiger partial charge in [-0.15, -0.1) is 0 Å². The average Bonchev–Trinajstić information content (AvgIpc) is 3.29. The smallest absolute Gasteiger partial charge is 0.374 e. The number of aromatic nitrogens is 1. The summed E-state index contributed by atoms with van der Waals surface area (Å²) in [6.45, 7) is 0.771. The minimum absolute atomic E-state index is 0.162. The van der Waals surface area contributed by atoms with Crippen molar-refractivity contribution in [2.75, 3.05) is 25.5 Å². The number of esters is 1. The van der Waals surface area contributed by atoms with Crippen molar-refractivity contribution in [2.45, 2.75) is 11.5 Å². The first-order chi connectivity index (χ1) is 12.5. The number of nitrogens with zero attached hydrogens (tertiary/aromatic N) is 1. The summed E-state index contributed by atoms with van der Waals surface area (Å²) in [5, 5.41) is 3.92. The summed E-state index contributed by atoms with van der Waals surface area (Å²) >= 11 is 1.41. The highest BCUT2D eigenvalue weighted by Crippen LogP contribution is 2.25. The summed E-state index contributed by atoms with van der Waals surface area (Å²) in [5.74, 6) is -0.0988. The number of hydrogen-bond donors (Lipinski definition) is 2. The molecule has 2 N–H and O–H groups in total. The molecule has 0 aliphatic carbocycles. The van der Waals surface area contributed by atoms with Gasteiger partial charge in [0, 0.05) is 18.5 Å². The molecule has 0 aliphatic rings. The molecule has 10 heteroatoms. The van der Waals surface area contributed by atoms with Crippen molar-refractivity contribution in [1.82, 2.24) is 9.10 Å². The monoisotopic (exact) mass is 395 g/mol. The highest BCUT2D eigenvalue weighted by Gasteiger charge is 2.21. The first-order valence-corrected chi connectivity index (χ1v) is 10.0. The van der Waals surface area contributed by atoms with Gasteiger partial charge in [0.2, 0.25) is 10.9 Å². The zero-order valence-corrected chi connectivity index (χ0v) is 15.5. The number of ether oxygens (including phenoxy) is 1. The molecule has 3 rings (SSSR count). The maximum Gasteiger partial charge on any atom is 0.374 e. The summed E-state index contributed by atoms with van der Waals surface area (Å²) in [5.41, 5.74) is 0. The molecule has 0 radical (unpaired) electrons. The van der Waals surface area contributed by atoms with Gasteiger partial charge in [-0.2, -0.15) is 4.37 Å². The molecule has 0 atom stereocenters. The third kappa shape index (κ3) is 4.03. The van der Waals surface area contributed by atoms with Crippen molar-refractivity contribution >= 4 is 43.4 Å². The highest BCUT2D eigenvalue weighted by molar-refractivity contribution is 7.89. The van der Waals surface area contributed by atoms with Gasteiger partial charge in [-0.3, -0.25) is 0 Å². The van der Waals surface area contributed by atoms with E-state index in [-0.39, 0.29) is 17.4 Å². The van der Waals surface area contributed by atoms with Gasteiger partial charge in [0.05, 0.1) is 11.8 Å². The number of benzene rings is 1. The van der Waals surface area contributed by atoms with Gasteiger partial charge in [-0.05, 0) is 42.2 Å². The largest absolute Gasteiger partial charge is 0.463 e. The summed E-state index contributed by atoms with van der Waals surface area (Å²) < 4.78 is 41.6. The fourth-order valence-electron chi connectivity index (χ4n) is 2.26. The number of anilines is 1. The second-order valence-corrected chi connectivity index (χ2v) is 7.82. The van der Waals surface area contributed by atoms with Crippen LogP contribution in [0, 0.1) is 0 Å². The fourth-order valence-corrected chi connectivity index (χ4v) is 4.02. The number of furan rings is 1. The molecule has 8 nitrogen and oxygen atoms in total. The van der Waals surface area contributed by atoms with Crippen LogP contribution in [0.3, 0.4) is 0 Å². The van der Waals surface area contributed by atoms with E-state index in [1.165, 1.54) is 30.8 Å². The minimum Gasteiger partial charge on any atom is -0.463 e. The van der Waals surface area contributed by atoms with Gasteiger partial charge >= 0.3 is 5.97 Å². The van der Waals surface area contributed by atoms with E-state index in [1.807, 2.05) is 24.3 Å².